The van der Waals surface area contributed by atoms with Crippen molar-refractivity contribution in [3.8, 4) is 5.75 Å². The summed E-state index contributed by atoms with van der Waals surface area (Å²) >= 11 is 5.29. The van der Waals surface area contributed by atoms with Crippen molar-refractivity contribution in [2.24, 2.45) is 17.6 Å². The molecule has 1 aliphatic carbocycles. The second-order valence-corrected chi connectivity index (χ2v) is 9.53. The van der Waals surface area contributed by atoms with Crippen LogP contribution in [0.25, 0.3) is 10.9 Å². The molecule has 1 fully saturated rings. The lowest BCUT2D eigenvalue weighted by Gasteiger charge is -2.29. The van der Waals surface area contributed by atoms with Crippen LogP contribution in [0.2, 0.25) is 0 Å². The number of hydrogen-bond acceptors (Lipinski definition) is 5. The molecule has 2 aromatic rings. The van der Waals surface area contributed by atoms with Crippen molar-refractivity contribution in [3.63, 3.8) is 0 Å². The van der Waals surface area contributed by atoms with Gasteiger partial charge in [-0.15, -0.1) is 0 Å². The van der Waals surface area contributed by atoms with Crippen molar-refractivity contribution >= 4 is 46.0 Å². The number of aromatic amines is 1. The molecule has 1 aromatic carbocycles. The van der Waals surface area contributed by atoms with E-state index in [1.807, 2.05) is 6.07 Å². The quantitative estimate of drug-likeness (QED) is 0.235. The minimum atomic E-state index is -2.40. The zero-order valence-corrected chi connectivity index (χ0v) is 21.0. The van der Waals surface area contributed by atoms with Crippen LogP contribution in [0.15, 0.2) is 24.3 Å². The highest BCUT2D eigenvalue weighted by molar-refractivity contribution is 6.29. The zero-order valence-electron chi connectivity index (χ0n) is 20.2. The number of primary amides is 1. The monoisotopic (exact) mass is 522 g/mol. The van der Waals surface area contributed by atoms with E-state index in [1.54, 1.807) is 25.3 Å². The second-order valence-electron chi connectivity index (χ2n) is 9.15. The predicted octanol–water partition coefficient (Wildman–Crippen LogP) is 3.61. The topological polar surface area (TPSA) is 135 Å². The molecule has 0 bridgehead atoms. The number of amides is 3. The maximum atomic E-state index is 13.5. The summed E-state index contributed by atoms with van der Waals surface area (Å²) in [6, 6.07) is 7.10. The van der Waals surface area contributed by atoms with Crippen LogP contribution in [0.1, 0.15) is 61.9 Å². The first kappa shape index (κ1) is 27.4. The summed E-state index contributed by atoms with van der Waals surface area (Å²) in [7, 11) is 1.54. The van der Waals surface area contributed by atoms with Crippen LogP contribution in [-0.2, 0) is 14.4 Å². The third-order valence-electron chi connectivity index (χ3n) is 6.57. The lowest BCUT2D eigenvalue weighted by molar-refractivity contribution is -0.145. The van der Waals surface area contributed by atoms with Gasteiger partial charge in [0.05, 0.1) is 19.3 Å². The highest BCUT2D eigenvalue weighted by atomic mass is 35.5. The molecule has 1 aromatic heterocycles. The Bertz CT molecular complexity index is 1100. The minimum absolute atomic E-state index is 0.116. The van der Waals surface area contributed by atoms with Gasteiger partial charge in [0.15, 0.2) is 5.78 Å². The van der Waals surface area contributed by atoms with Crippen LogP contribution in [0.5, 0.6) is 5.75 Å². The fraction of sp³-hybridized carbons (Fsp3) is 0.520. The molecule has 0 saturated heterocycles. The van der Waals surface area contributed by atoms with Crippen molar-refractivity contribution in [1.29, 1.82) is 0 Å². The lowest BCUT2D eigenvalue weighted by atomic mass is 9.81. The summed E-state index contributed by atoms with van der Waals surface area (Å²) in [4.78, 5) is 53.0. The van der Waals surface area contributed by atoms with Gasteiger partial charge >= 0.3 is 0 Å². The summed E-state index contributed by atoms with van der Waals surface area (Å²) in [5, 5.41) is 1.41. The number of carbonyl (C=O) groups excluding carboxylic acids is 4. The fourth-order valence-electron chi connectivity index (χ4n) is 4.68. The van der Waals surface area contributed by atoms with E-state index in [4.69, 9.17) is 22.1 Å². The summed E-state index contributed by atoms with van der Waals surface area (Å²) in [5.74, 6) is -2.73. The molecule has 2 atom stereocenters. The molecule has 0 spiro atoms. The van der Waals surface area contributed by atoms with Crippen LogP contribution >= 0.6 is 11.6 Å². The number of nitrogens with two attached hydrogens (primary N) is 1. The number of halogens is 2. The lowest BCUT2D eigenvalue weighted by Crippen LogP contribution is -2.51. The average molecular weight is 523 g/mol. The molecule has 0 unspecified atom stereocenters. The third-order valence-corrected chi connectivity index (χ3v) is 6.76. The molecule has 4 N–H and O–H groups in total. The van der Waals surface area contributed by atoms with E-state index in [1.165, 1.54) is 0 Å². The number of nitrogens with zero attached hydrogens (tertiary/aromatic N) is 1. The number of nitrogens with one attached hydrogen (secondary N) is 2. The Labute approximate surface area is 213 Å². The van der Waals surface area contributed by atoms with E-state index in [-0.39, 0.29) is 31.1 Å². The van der Waals surface area contributed by atoms with Crippen LogP contribution in [-0.4, -0.2) is 52.8 Å². The Hall–Kier alpha value is -3.14. The number of hydrogen-bond donors (Lipinski definition) is 3. The van der Waals surface area contributed by atoms with Gasteiger partial charge in [0.1, 0.15) is 5.75 Å². The number of methoxy groups -OCH3 is 1. The molecule has 0 aliphatic heterocycles. The summed E-state index contributed by atoms with van der Waals surface area (Å²) in [6.45, 7) is -0.334. The van der Waals surface area contributed by atoms with E-state index in [2.05, 4.69) is 10.4 Å². The summed E-state index contributed by atoms with van der Waals surface area (Å²) in [5.41, 5.74) is 6.17. The number of fused-ring (bicyclic) bond motifs is 1. The number of Topliss-reactive ketones (excluding diaryl/α,β-unsaturated/α-hetero) is 1. The van der Waals surface area contributed by atoms with Gasteiger partial charge in [-0.2, -0.15) is 0 Å². The standard InChI is InChI=1S/C25H32ClFN4O5/c1-36-21-9-5-8-18-17(21)14-19(29-18)20(32)13-16(12-15-6-3-2-4-7-15)24(34)30-31(11-10-22(28)33)25(35)23(26)27/h5,8-9,14-16,23,29H,2-4,6-7,10-13H2,1H3,(H2,28,33)(H,30,34)/t16-,23-/m1/s1. The van der Waals surface area contributed by atoms with Gasteiger partial charge in [0.25, 0.3) is 11.5 Å². The van der Waals surface area contributed by atoms with E-state index >= 15 is 0 Å². The van der Waals surface area contributed by atoms with Gasteiger partial charge in [-0.05, 0) is 30.5 Å². The molecule has 196 valence electrons. The third kappa shape index (κ3) is 7.19. The Morgan fingerprint density at radius 1 is 1.25 bits per heavy atom. The van der Waals surface area contributed by atoms with Crippen LogP contribution < -0.4 is 15.9 Å². The number of ether oxygens (including phenoxy) is 1. The number of ketones is 1. The highest BCUT2D eigenvalue weighted by Gasteiger charge is 2.31. The molecule has 1 aliphatic rings. The zero-order chi connectivity index (χ0) is 26.2. The number of benzene rings is 1. The Balaban J connectivity index is 1.80. The predicted molar refractivity (Wildman–Crippen MR) is 133 cm³/mol. The smallest absolute Gasteiger partial charge is 0.291 e. The van der Waals surface area contributed by atoms with Crippen molar-refractivity contribution < 1.29 is 28.3 Å². The summed E-state index contributed by atoms with van der Waals surface area (Å²) < 4.78 is 18.9. The molecule has 3 rings (SSSR count). The first-order chi connectivity index (χ1) is 17.2. The molecule has 1 saturated carbocycles. The number of alkyl halides is 2. The van der Waals surface area contributed by atoms with Gasteiger partial charge in [-0.25, -0.2) is 9.40 Å². The fourth-order valence-corrected chi connectivity index (χ4v) is 4.80. The normalized spacial score (nSPS) is 15.8. The Morgan fingerprint density at radius 3 is 2.61 bits per heavy atom. The molecule has 36 heavy (non-hydrogen) atoms. The van der Waals surface area contributed by atoms with Crippen molar-refractivity contribution in [2.75, 3.05) is 13.7 Å². The van der Waals surface area contributed by atoms with Gasteiger partial charge in [0, 0.05) is 29.7 Å². The molecule has 0 radical (unpaired) electrons. The minimum Gasteiger partial charge on any atom is -0.496 e. The summed E-state index contributed by atoms with van der Waals surface area (Å²) in [6.07, 6.45) is 5.15. The van der Waals surface area contributed by atoms with Crippen LogP contribution in [0.3, 0.4) is 0 Å². The molecular formula is C25H32ClFN4O5. The highest BCUT2D eigenvalue weighted by Crippen LogP contribution is 2.32. The Morgan fingerprint density at radius 2 is 1.97 bits per heavy atom. The molecular weight excluding hydrogens is 491 g/mol. The maximum Gasteiger partial charge on any atom is 0.291 e. The van der Waals surface area contributed by atoms with Crippen molar-refractivity contribution in [2.45, 2.75) is 57.0 Å². The van der Waals surface area contributed by atoms with Crippen LogP contribution in [0, 0.1) is 11.8 Å². The average Bonchev–Trinajstić information content (AvgIpc) is 3.30. The Kier molecular flexibility index (Phi) is 9.69. The van der Waals surface area contributed by atoms with Gasteiger partial charge < -0.3 is 15.5 Å². The molecule has 11 heteroatoms. The first-order valence-corrected chi connectivity index (χ1v) is 12.5. The van der Waals surface area contributed by atoms with E-state index < -0.39 is 29.3 Å². The van der Waals surface area contributed by atoms with Gasteiger partial charge in [-0.3, -0.25) is 24.6 Å². The maximum absolute atomic E-state index is 13.5. The number of rotatable bonds is 11. The number of H-pyrrole nitrogens is 1. The molecule has 3 amide bonds. The van der Waals surface area contributed by atoms with Crippen LogP contribution in [0.4, 0.5) is 4.39 Å². The van der Waals surface area contributed by atoms with E-state index in [0.29, 0.717) is 22.9 Å². The van der Waals surface area contributed by atoms with Crippen molar-refractivity contribution in [3.05, 3.63) is 30.0 Å². The molecule has 9 nitrogen and oxygen atoms in total. The van der Waals surface area contributed by atoms with E-state index in [0.717, 1.165) is 43.0 Å². The second kappa shape index (κ2) is 12.7. The molecule has 1 heterocycles. The van der Waals surface area contributed by atoms with E-state index in [9.17, 15) is 23.6 Å². The number of hydrazine groups is 1. The number of aromatic nitrogens is 1. The van der Waals surface area contributed by atoms with Crippen molar-refractivity contribution in [1.82, 2.24) is 15.4 Å². The number of carbonyl (C=O) groups is 4. The first-order valence-electron chi connectivity index (χ1n) is 12.1. The van der Waals surface area contributed by atoms with Gasteiger partial charge in [-0.1, -0.05) is 49.8 Å². The van der Waals surface area contributed by atoms with Gasteiger partial charge in [0.2, 0.25) is 11.8 Å². The SMILES string of the molecule is COc1cccc2[nH]c(C(=O)C[C@@H](CC3CCCCC3)C(=O)NN(CCC(N)=O)C(=O)[C@@H](F)Cl)cc12. The largest absolute Gasteiger partial charge is 0.496 e.